The summed E-state index contributed by atoms with van der Waals surface area (Å²) in [7, 11) is 0. The summed E-state index contributed by atoms with van der Waals surface area (Å²) in [6, 6.07) is 10.2. The van der Waals surface area contributed by atoms with E-state index in [-0.39, 0.29) is 12.2 Å². The molecule has 1 aromatic carbocycles. The molecule has 0 amide bonds. The first kappa shape index (κ1) is 17.6. The Morgan fingerprint density at radius 2 is 1.83 bits per heavy atom. The van der Waals surface area contributed by atoms with E-state index in [9.17, 15) is 4.79 Å². The molecular weight excluding hydrogens is 300 g/mol. The Morgan fingerprint density at radius 1 is 1.04 bits per heavy atom. The van der Waals surface area contributed by atoms with Crippen molar-refractivity contribution in [2.75, 3.05) is 6.61 Å². The first-order valence-corrected chi connectivity index (χ1v) is 9.60. The number of benzene rings is 1. The van der Waals surface area contributed by atoms with Crippen molar-refractivity contribution in [2.24, 2.45) is 5.92 Å². The molecule has 3 heteroatoms. The highest BCUT2D eigenvalue weighted by atomic mass is 16.5. The highest BCUT2D eigenvalue weighted by molar-refractivity contribution is 5.80. The van der Waals surface area contributed by atoms with Crippen LogP contribution in [-0.4, -0.2) is 24.6 Å². The van der Waals surface area contributed by atoms with E-state index in [0.29, 0.717) is 31.1 Å². The van der Waals surface area contributed by atoms with Crippen LogP contribution >= 0.6 is 0 Å². The lowest BCUT2D eigenvalue weighted by atomic mass is 9.82. The van der Waals surface area contributed by atoms with Gasteiger partial charge in [-0.1, -0.05) is 49.6 Å². The molecule has 1 aromatic rings. The highest BCUT2D eigenvalue weighted by Gasteiger charge is 2.33. The summed E-state index contributed by atoms with van der Waals surface area (Å²) in [4.78, 5) is 12.1. The molecule has 1 heterocycles. The number of ether oxygens (including phenoxy) is 2. The molecule has 0 spiro atoms. The maximum absolute atomic E-state index is 12.1. The lowest BCUT2D eigenvalue weighted by Gasteiger charge is -2.36. The fourth-order valence-electron chi connectivity index (χ4n) is 4.04. The summed E-state index contributed by atoms with van der Waals surface area (Å²) in [6.07, 6.45) is 9.86. The van der Waals surface area contributed by atoms with Crippen LogP contribution in [-0.2, 0) is 20.9 Å². The van der Waals surface area contributed by atoms with Crippen LogP contribution in [0, 0.1) is 5.92 Å². The van der Waals surface area contributed by atoms with E-state index in [4.69, 9.17) is 9.47 Å². The summed E-state index contributed by atoms with van der Waals surface area (Å²) in [6.45, 7) is 1.40. The second-order valence-corrected chi connectivity index (χ2v) is 7.32. The number of Topliss-reactive ketones (excluding diaryl/α,β-unsaturated/α-hetero) is 1. The molecule has 2 aliphatic rings. The van der Waals surface area contributed by atoms with Gasteiger partial charge in [0.15, 0.2) is 0 Å². The van der Waals surface area contributed by atoms with Crippen LogP contribution in [0.1, 0.15) is 63.4 Å². The van der Waals surface area contributed by atoms with Crippen molar-refractivity contribution < 1.29 is 14.3 Å². The van der Waals surface area contributed by atoms with Crippen molar-refractivity contribution in [3.8, 4) is 0 Å². The molecule has 0 bridgehead atoms. The maximum Gasteiger partial charge on any atom is 0.138 e. The third-order valence-corrected chi connectivity index (χ3v) is 5.35. The molecular formula is C21H30O3. The predicted molar refractivity (Wildman–Crippen MR) is 94.8 cm³/mol. The van der Waals surface area contributed by atoms with E-state index >= 15 is 0 Å². The van der Waals surface area contributed by atoms with Crippen LogP contribution in [0.3, 0.4) is 0 Å². The normalized spacial score (nSPS) is 25.8. The van der Waals surface area contributed by atoms with Gasteiger partial charge in [0, 0.05) is 19.4 Å². The Labute approximate surface area is 145 Å². The number of carbonyl (C=O) groups excluding carboxylic acids is 1. The van der Waals surface area contributed by atoms with Crippen LogP contribution in [0.4, 0.5) is 0 Å². The smallest absolute Gasteiger partial charge is 0.138 e. The summed E-state index contributed by atoms with van der Waals surface area (Å²) in [5.41, 5.74) is 1.21. The van der Waals surface area contributed by atoms with E-state index in [1.54, 1.807) is 0 Å². The molecule has 1 saturated heterocycles. The SMILES string of the molecule is O=C1C[C@H](CCCOCc2ccccc2)O[C@H](C2CCCCC2)C1. The van der Waals surface area contributed by atoms with E-state index in [1.807, 2.05) is 18.2 Å². The molecule has 1 saturated carbocycles. The molecule has 0 unspecified atom stereocenters. The molecule has 3 rings (SSSR count). The van der Waals surface area contributed by atoms with E-state index in [0.717, 1.165) is 19.4 Å². The van der Waals surface area contributed by atoms with Gasteiger partial charge in [0.2, 0.25) is 0 Å². The van der Waals surface area contributed by atoms with E-state index in [2.05, 4.69) is 12.1 Å². The molecule has 1 aliphatic carbocycles. The lowest BCUT2D eigenvalue weighted by molar-refractivity contribution is -0.142. The molecule has 1 aliphatic heterocycles. The van der Waals surface area contributed by atoms with Crippen molar-refractivity contribution in [1.82, 2.24) is 0 Å². The van der Waals surface area contributed by atoms with Crippen LogP contribution in [0.25, 0.3) is 0 Å². The molecule has 0 radical (unpaired) electrons. The molecule has 2 atom stereocenters. The molecule has 0 aromatic heterocycles. The minimum atomic E-state index is 0.110. The Kier molecular flexibility index (Phi) is 6.86. The lowest BCUT2D eigenvalue weighted by Crippen LogP contribution is -2.38. The van der Waals surface area contributed by atoms with Gasteiger partial charge >= 0.3 is 0 Å². The zero-order chi connectivity index (χ0) is 16.6. The van der Waals surface area contributed by atoms with E-state index < -0.39 is 0 Å². The highest BCUT2D eigenvalue weighted by Crippen LogP contribution is 2.33. The molecule has 3 nitrogen and oxygen atoms in total. The average molecular weight is 330 g/mol. The topological polar surface area (TPSA) is 35.5 Å². The summed E-state index contributed by atoms with van der Waals surface area (Å²) in [5, 5.41) is 0. The van der Waals surface area contributed by atoms with Crippen LogP contribution in [0.15, 0.2) is 30.3 Å². The largest absolute Gasteiger partial charge is 0.377 e. The van der Waals surface area contributed by atoms with Gasteiger partial charge in [-0.15, -0.1) is 0 Å². The fourth-order valence-corrected chi connectivity index (χ4v) is 4.04. The van der Waals surface area contributed by atoms with Crippen LogP contribution < -0.4 is 0 Å². The fraction of sp³-hybridized carbons (Fsp3) is 0.667. The molecule has 132 valence electrons. The minimum Gasteiger partial charge on any atom is -0.377 e. The monoisotopic (exact) mass is 330 g/mol. The van der Waals surface area contributed by atoms with Gasteiger partial charge in [-0.05, 0) is 37.2 Å². The van der Waals surface area contributed by atoms with Gasteiger partial charge in [0.1, 0.15) is 5.78 Å². The Balaban J connectivity index is 1.36. The van der Waals surface area contributed by atoms with Crippen molar-refractivity contribution in [2.45, 2.75) is 76.6 Å². The Hall–Kier alpha value is -1.19. The third kappa shape index (κ3) is 5.42. The molecule has 24 heavy (non-hydrogen) atoms. The van der Waals surface area contributed by atoms with Crippen molar-refractivity contribution >= 4 is 5.78 Å². The number of hydrogen-bond donors (Lipinski definition) is 0. The van der Waals surface area contributed by atoms with Crippen molar-refractivity contribution in [3.63, 3.8) is 0 Å². The zero-order valence-electron chi connectivity index (χ0n) is 14.6. The molecule has 2 fully saturated rings. The maximum atomic E-state index is 12.1. The van der Waals surface area contributed by atoms with Gasteiger partial charge < -0.3 is 9.47 Å². The van der Waals surface area contributed by atoms with Crippen molar-refractivity contribution in [3.05, 3.63) is 35.9 Å². The van der Waals surface area contributed by atoms with Gasteiger partial charge in [-0.3, -0.25) is 4.79 Å². The summed E-state index contributed by atoms with van der Waals surface area (Å²) >= 11 is 0. The summed E-state index contributed by atoms with van der Waals surface area (Å²) in [5.74, 6) is 1.01. The summed E-state index contributed by atoms with van der Waals surface area (Å²) < 4.78 is 12.0. The van der Waals surface area contributed by atoms with Crippen LogP contribution in [0.2, 0.25) is 0 Å². The number of rotatable bonds is 7. The molecule has 0 N–H and O–H groups in total. The number of ketones is 1. The Bertz CT molecular complexity index is 493. The van der Waals surface area contributed by atoms with Gasteiger partial charge in [-0.25, -0.2) is 0 Å². The average Bonchev–Trinajstić information content (AvgIpc) is 2.63. The van der Waals surface area contributed by atoms with Gasteiger partial charge in [-0.2, -0.15) is 0 Å². The predicted octanol–water partition coefficient (Wildman–Crippen LogP) is 4.68. The third-order valence-electron chi connectivity index (χ3n) is 5.35. The van der Waals surface area contributed by atoms with Crippen LogP contribution in [0.5, 0.6) is 0 Å². The Morgan fingerprint density at radius 3 is 2.62 bits per heavy atom. The second kappa shape index (κ2) is 9.33. The zero-order valence-corrected chi connectivity index (χ0v) is 14.6. The van der Waals surface area contributed by atoms with E-state index in [1.165, 1.54) is 37.7 Å². The quantitative estimate of drug-likeness (QED) is 0.681. The standard InChI is InChI=1S/C21H30O3/c22-19-14-20(24-21(15-19)18-10-5-2-6-11-18)12-7-13-23-16-17-8-3-1-4-9-17/h1,3-4,8-9,18,20-21H,2,5-7,10-16H2/t20-,21-/m0/s1. The van der Waals surface area contributed by atoms with Gasteiger partial charge in [0.25, 0.3) is 0 Å². The van der Waals surface area contributed by atoms with Crippen molar-refractivity contribution in [1.29, 1.82) is 0 Å². The minimum absolute atomic E-state index is 0.110. The first-order chi connectivity index (χ1) is 11.8. The number of carbonyl (C=O) groups is 1. The second-order valence-electron chi connectivity index (χ2n) is 7.32. The van der Waals surface area contributed by atoms with Gasteiger partial charge in [0.05, 0.1) is 18.8 Å². The first-order valence-electron chi connectivity index (χ1n) is 9.60. The number of hydrogen-bond acceptors (Lipinski definition) is 3.